The van der Waals surface area contributed by atoms with Gasteiger partial charge in [0.05, 0.1) is 4.92 Å². The Hall–Kier alpha value is -1.84. The normalized spacial score (nSPS) is 15.8. The zero-order valence-electron chi connectivity index (χ0n) is 9.71. The fourth-order valence-corrected chi connectivity index (χ4v) is 1.53. The van der Waals surface area contributed by atoms with Gasteiger partial charge in [0.15, 0.2) is 0 Å². The molecular weight excluding hydrogens is 296 g/mol. The van der Waals surface area contributed by atoms with Crippen molar-refractivity contribution in [3.05, 3.63) is 39.4 Å². The highest BCUT2D eigenvalue weighted by Crippen LogP contribution is 2.51. The van der Waals surface area contributed by atoms with Crippen molar-refractivity contribution in [1.29, 1.82) is 0 Å². The summed E-state index contributed by atoms with van der Waals surface area (Å²) in [5.74, 6) is 0. The van der Waals surface area contributed by atoms with Crippen molar-refractivity contribution in [1.82, 2.24) is 0 Å². The van der Waals surface area contributed by atoms with Crippen LogP contribution in [0, 0.1) is 17.0 Å². The molecule has 0 saturated heterocycles. The fraction of sp³-hybridized carbons (Fsp3) is 0.400. The average Bonchev–Trinajstić information content (AvgIpc) is 2.25. The predicted molar refractivity (Wildman–Crippen MR) is 53.8 cm³/mol. The van der Waals surface area contributed by atoms with Crippen LogP contribution in [-0.2, 0) is 5.67 Å². The van der Waals surface area contributed by atoms with E-state index in [1.807, 2.05) is 0 Å². The van der Waals surface area contributed by atoms with Gasteiger partial charge in [-0.15, -0.1) is 0 Å². The summed E-state index contributed by atoms with van der Waals surface area (Å²) in [5, 5.41) is 18.8. The Balaban J connectivity index is 3.61. The Morgan fingerprint density at radius 3 is 2.00 bits per heavy atom. The number of nitro groups is 1. The summed E-state index contributed by atoms with van der Waals surface area (Å²) >= 11 is 0. The maximum absolute atomic E-state index is 13.8. The summed E-state index contributed by atoms with van der Waals surface area (Å²) < 4.78 is 76.7. The van der Waals surface area contributed by atoms with Crippen LogP contribution in [0.3, 0.4) is 0 Å². The van der Waals surface area contributed by atoms with Crippen LogP contribution in [0.5, 0.6) is 0 Å². The van der Waals surface area contributed by atoms with Crippen LogP contribution in [-0.4, -0.2) is 22.3 Å². The topological polar surface area (TPSA) is 63.4 Å². The number of aryl methyl sites for hydroxylation is 1. The van der Waals surface area contributed by atoms with Crippen LogP contribution in [0.1, 0.15) is 11.1 Å². The smallest absolute Gasteiger partial charge is 0.333 e. The molecular formula is C10H7F6NO3. The quantitative estimate of drug-likeness (QED) is 0.530. The Bertz CT molecular complexity index is 523. The van der Waals surface area contributed by atoms with E-state index in [1.165, 1.54) is 0 Å². The molecule has 0 aliphatic heterocycles. The van der Waals surface area contributed by atoms with Gasteiger partial charge in [-0.05, 0) is 6.92 Å². The first-order chi connectivity index (χ1) is 8.82. The monoisotopic (exact) mass is 303 g/mol. The van der Waals surface area contributed by atoms with Gasteiger partial charge < -0.3 is 5.11 Å². The first-order valence-electron chi connectivity index (χ1n) is 4.93. The number of nitrogens with zero attached hydrogens (tertiary/aromatic N) is 1. The average molecular weight is 303 g/mol. The van der Waals surface area contributed by atoms with E-state index in [-0.39, 0.29) is 11.6 Å². The lowest BCUT2D eigenvalue weighted by molar-refractivity contribution is -0.387. The second-order valence-corrected chi connectivity index (χ2v) is 3.96. The van der Waals surface area contributed by atoms with Crippen molar-refractivity contribution >= 4 is 5.69 Å². The third kappa shape index (κ3) is 2.42. The Kier molecular flexibility index (Phi) is 3.74. The maximum atomic E-state index is 13.8. The molecule has 1 N–H and O–H groups in total. The molecule has 0 fully saturated rings. The van der Waals surface area contributed by atoms with Crippen molar-refractivity contribution in [2.75, 3.05) is 0 Å². The highest BCUT2D eigenvalue weighted by Gasteiger charge is 2.72. The molecule has 0 spiro atoms. The van der Waals surface area contributed by atoms with E-state index in [9.17, 15) is 36.5 Å². The lowest BCUT2D eigenvalue weighted by Crippen LogP contribution is -2.52. The van der Waals surface area contributed by atoms with Gasteiger partial charge in [0.25, 0.3) is 5.69 Å². The van der Waals surface area contributed by atoms with Crippen molar-refractivity contribution < 1.29 is 36.4 Å². The van der Waals surface area contributed by atoms with Gasteiger partial charge >= 0.3 is 18.0 Å². The molecule has 1 aromatic carbocycles. The molecule has 0 aliphatic rings. The summed E-state index contributed by atoms with van der Waals surface area (Å²) in [6, 6.07) is 1.01. The Morgan fingerprint density at radius 1 is 1.15 bits per heavy atom. The summed E-state index contributed by atoms with van der Waals surface area (Å²) in [4.78, 5) is 9.40. The first kappa shape index (κ1) is 16.2. The third-order valence-corrected chi connectivity index (χ3v) is 2.61. The summed E-state index contributed by atoms with van der Waals surface area (Å²) in [6.07, 6.45) is -12.0. The zero-order chi connectivity index (χ0) is 15.9. The number of benzene rings is 1. The minimum absolute atomic E-state index is 0.0208. The number of rotatable bonds is 3. The van der Waals surface area contributed by atoms with Gasteiger partial charge in [-0.3, -0.25) is 10.1 Å². The molecule has 0 aromatic heterocycles. The van der Waals surface area contributed by atoms with Crippen molar-refractivity contribution in [2.24, 2.45) is 0 Å². The fourth-order valence-electron chi connectivity index (χ4n) is 1.53. The van der Waals surface area contributed by atoms with Gasteiger partial charge in [-0.25, -0.2) is 4.39 Å². The molecule has 0 amide bonds. The van der Waals surface area contributed by atoms with E-state index >= 15 is 0 Å². The lowest BCUT2D eigenvalue weighted by atomic mass is 9.92. The predicted octanol–water partition coefficient (Wildman–Crippen LogP) is 3.22. The van der Waals surface area contributed by atoms with Crippen LogP contribution in [0.2, 0.25) is 0 Å². The van der Waals surface area contributed by atoms with Gasteiger partial charge in [-0.1, -0.05) is 12.1 Å². The van der Waals surface area contributed by atoms with E-state index < -0.39 is 34.1 Å². The molecule has 0 heterocycles. The number of hydrogen-bond donors (Lipinski definition) is 1. The van der Waals surface area contributed by atoms with E-state index in [1.54, 1.807) is 0 Å². The van der Waals surface area contributed by atoms with Crippen LogP contribution in [0.4, 0.5) is 32.0 Å². The Morgan fingerprint density at radius 2 is 1.65 bits per heavy atom. The van der Waals surface area contributed by atoms with Gasteiger partial charge in [0, 0.05) is 17.2 Å². The van der Waals surface area contributed by atoms with Gasteiger partial charge in [0.1, 0.15) is 0 Å². The number of halogens is 6. The standard InChI is InChI=1S/C10H7F6NO3/c1-5-2-3-6(4-7(5)17(19)20)8(11,9(12,13)14)10(15,16)18/h2-4,18H,1H3. The van der Waals surface area contributed by atoms with Crippen LogP contribution >= 0.6 is 0 Å². The summed E-state index contributed by atoms with van der Waals surface area (Å²) in [7, 11) is 0. The maximum Gasteiger partial charge on any atom is 0.435 e. The molecule has 1 unspecified atom stereocenters. The second-order valence-electron chi connectivity index (χ2n) is 3.96. The highest BCUT2D eigenvalue weighted by molar-refractivity contribution is 5.45. The first-order valence-corrected chi connectivity index (χ1v) is 4.93. The van der Waals surface area contributed by atoms with E-state index in [0.717, 1.165) is 6.92 Å². The molecule has 1 rings (SSSR count). The number of hydrogen-bond acceptors (Lipinski definition) is 3. The molecule has 0 aliphatic carbocycles. The highest BCUT2D eigenvalue weighted by atomic mass is 19.4. The minimum atomic E-state index is -6.17. The van der Waals surface area contributed by atoms with Gasteiger partial charge in [0.2, 0.25) is 0 Å². The molecule has 0 radical (unpaired) electrons. The second kappa shape index (κ2) is 4.62. The van der Waals surface area contributed by atoms with Crippen molar-refractivity contribution in [2.45, 2.75) is 24.9 Å². The third-order valence-electron chi connectivity index (χ3n) is 2.61. The number of nitro benzene ring substituents is 1. The largest absolute Gasteiger partial charge is 0.435 e. The van der Waals surface area contributed by atoms with Crippen molar-refractivity contribution in [3.63, 3.8) is 0 Å². The van der Waals surface area contributed by atoms with Crippen LogP contribution in [0.25, 0.3) is 0 Å². The summed E-state index contributed by atoms with van der Waals surface area (Å²) in [6.45, 7) is 1.13. The number of aliphatic hydroxyl groups is 1. The van der Waals surface area contributed by atoms with Gasteiger partial charge in [-0.2, -0.15) is 22.0 Å². The molecule has 112 valence electrons. The zero-order valence-corrected chi connectivity index (χ0v) is 9.71. The van der Waals surface area contributed by atoms with Crippen LogP contribution < -0.4 is 0 Å². The van der Waals surface area contributed by atoms with E-state index in [0.29, 0.717) is 12.1 Å². The molecule has 1 aromatic rings. The molecule has 1 atom stereocenters. The minimum Gasteiger partial charge on any atom is -0.333 e. The molecule has 4 nitrogen and oxygen atoms in total. The SMILES string of the molecule is Cc1ccc(C(F)(C(O)(F)F)C(F)(F)F)cc1[N+](=O)[O-]. The van der Waals surface area contributed by atoms with Crippen LogP contribution in [0.15, 0.2) is 18.2 Å². The lowest BCUT2D eigenvalue weighted by Gasteiger charge is -2.31. The number of alkyl halides is 6. The van der Waals surface area contributed by atoms with Crippen molar-refractivity contribution in [3.8, 4) is 0 Å². The molecule has 20 heavy (non-hydrogen) atoms. The molecule has 10 heteroatoms. The molecule has 0 bridgehead atoms. The Labute approximate surface area is 107 Å². The summed E-state index contributed by atoms with van der Waals surface area (Å²) in [5.41, 5.74) is -8.32. The van der Waals surface area contributed by atoms with E-state index in [4.69, 9.17) is 5.11 Å². The molecule has 0 saturated carbocycles. The van der Waals surface area contributed by atoms with E-state index in [2.05, 4.69) is 0 Å².